The number of ether oxygens (including phenoxy) is 1. The Bertz CT molecular complexity index is 639. The predicted octanol–water partition coefficient (Wildman–Crippen LogP) is 4.41. The number of benzene rings is 2. The van der Waals surface area contributed by atoms with Crippen molar-refractivity contribution < 1.29 is 4.74 Å². The molecule has 2 aromatic carbocycles. The van der Waals surface area contributed by atoms with E-state index in [2.05, 4.69) is 6.07 Å². The molecule has 0 aliphatic carbocycles. The van der Waals surface area contributed by atoms with Crippen LogP contribution in [0.1, 0.15) is 11.1 Å². The summed E-state index contributed by atoms with van der Waals surface area (Å²) in [6, 6.07) is 17.0. The Kier molecular flexibility index (Phi) is 4.22. The van der Waals surface area contributed by atoms with Crippen molar-refractivity contribution in [2.45, 2.75) is 0 Å². The fourth-order valence-corrected chi connectivity index (χ4v) is 1.89. The average Bonchev–Trinajstić information content (AvgIpc) is 2.45. The Balaban J connectivity index is 2.36. The van der Waals surface area contributed by atoms with E-state index in [-0.39, 0.29) is 0 Å². The number of nitriles is 1. The molecule has 0 N–H and O–H groups in total. The van der Waals surface area contributed by atoms with Gasteiger partial charge in [-0.1, -0.05) is 35.9 Å². The van der Waals surface area contributed by atoms with E-state index in [0.717, 1.165) is 16.9 Å². The summed E-state index contributed by atoms with van der Waals surface area (Å²) in [6.45, 7) is 0. The molecular weight excluding hydrogens is 258 g/mol. The van der Waals surface area contributed by atoms with E-state index in [1.807, 2.05) is 42.5 Å². The van der Waals surface area contributed by atoms with Gasteiger partial charge in [-0.15, -0.1) is 0 Å². The molecular formula is C16H12ClNO. The minimum Gasteiger partial charge on any atom is -0.497 e. The van der Waals surface area contributed by atoms with Crippen LogP contribution in [0.2, 0.25) is 5.02 Å². The van der Waals surface area contributed by atoms with Crippen LogP contribution in [0.15, 0.2) is 48.5 Å². The molecule has 0 atom stereocenters. The van der Waals surface area contributed by atoms with E-state index in [4.69, 9.17) is 16.3 Å². The number of rotatable bonds is 3. The highest BCUT2D eigenvalue weighted by molar-refractivity contribution is 6.30. The molecule has 0 spiro atoms. The van der Waals surface area contributed by atoms with Gasteiger partial charge in [0.1, 0.15) is 5.75 Å². The van der Waals surface area contributed by atoms with Crippen LogP contribution >= 0.6 is 11.6 Å². The summed E-state index contributed by atoms with van der Waals surface area (Å²) in [5.74, 6) is 0.790. The first-order valence-electron chi connectivity index (χ1n) is 5.75. The van der Waals surface area contributed by atoms with Gasteiger partial charge >= 0.3 is 0 Å². The molecule has 0 radical (unpaired) electrons. The summed E-state index contributed by atoms with van der Waals surface area (Å²) in [5, 5.41) is 9.87. The van der Waals surface area contributed by atoms with Gasteiger partial charge < -0.3 is 4.74 Å². The molecule has 0 fully saturated rings. The zero-order valence-electron chi connectivity index (χ0n) is 10.4. The SMILES string of the molecule is COc1ccc(/C=C(/C#N)c2cccc(Cl)c2)cc1. The van der Waals surface area contributed by atoms with Crippen LogP contribution in [-0.4, -0.2) is 7.11 Å². The van der Waals surface area contributed by atoms with Crippen LogP contribution in [0.25, 0.3) is 11.6 Å². The number of hydrogen-bond donors (Lipinski definition) is 0. The van der Waals surface area contributed by atoms with E-state index in [1.165, 1.54) is 0 Å². The van der Waals surface area contributed by atoms with E-state index in [0.29, 0.717) is 10.6 Å². The topological polar surface area (TPSA) is 33.0 Å². The van der Waals surface area contributed by atoms with Crippen molar-refractivity contribution in [2.75, 3.05) is 7.11 Å². The highest BCUT2D eigenvalue weighted by Gasteiger charge is 2.02. The first-order valence-corrected chi connectivity index (χ1v) is 6.12. The van der Waals surface area contributed by atoms with Crippen molar-refractivity contribution >= 4 is 23.3 Å². The molecule has 2 aromatic rings. The van der Waals surface area contributed by atoms with Gasteiger partial charge in [-0.2, -0.15) is 5.26 Å². The maximum Gasteiger partial charge on any atom is 0.118 e. The summed E-state index contributed by atoms with van der Waals surface area (Å²) >= 11 is 5.94. The van der Waals surface area contributed by atoms with Crippen LogP contribution in [0.4, 0.5) is 0 Å². The lowest BCUT2D eigenvalue weighted by molar-refractivity contribution is 0.415. The van der Waals surface area contributed by atoms with Crippen LogP contribution < -0.4 is 4.74 Å². The molecule has 3 heteroatoms. The summed E-state index contributed by atoms with van der Waals surface area (Å²) in [6.07, 6.45) is 1.82. The van der Waals surface area contributed by atoms with E-state index in [9.17, 15) is 5.26 Å². The molecule has 0 aliphatic rings. The Morgan fingerprint density at radius 1 is 1.21 bits per heavy atom. The van der Waals surface area contributed by atoms with Gasteiger partial charge in [0.25, 0.3) is 0 Å². The third-order valence-corrected chi connectivity index (χ3v) is 2.92. The minimum atomic E-state index is 0.577. The highest BCUT2D eigenvalue weighted by Crippen LogP contribution is 2.21. The van der Waals surface area contributed by atoms with Crippen molar-refractivity contribution in [1.29, 1.82) is 5.26 Å². The molecule has 0 saturated heterocycles. The zero-order valence-corrected chi connectivity index (χ0v) is 11.2. The molecule has 94 valence electrons. The minimum absolute atomic E-state index is 0.577. The zero-order chi connectivity index (χ0) is 13.7. The van der Waals surface area contributed by atoms with E-state index < -0.39 is 0 Å². The smallest absolute Gasteiger partial charge is 0.118 e. The second kappa shape index (κ2) is 6.08. The van der Waals surface area contributed by atoms with Crippen molar-refractivity contribution in [3.8, 4) is 11.8 Å². The number of allylic oxidation sites excluding steroid dienone is 1. The second-order valence-corrected chi connectivity index (χ2v) is 4.39. The molecule has 0 aromatic heterocycles. The fourth-order valence-electron chi connectivity index (χ4n) is 1.70. The molecule has 0 unspecified atom stereocenters. The van der Waals surface area contributed by atoms with Gasteiger partial charge in [0.15, 0.2) is 0 Å². The lowest BCUT2D eigenvalue weighted by Gasteiger charge is -2.02. The van der Waals surface area contributed by atoms with E-state index >= 15 is 0 Å². The predicted molar refractivity (Wildman–Crippen MR) is 77.9 cm³/mol. The number of halogens is 1. The molecule has 0 amide bonds. The van der Waals surface area contributed by atoms with E-state index in [1.54, 1.807) is 19.2 Å². The Labute approximate surface area is 117 Å². The fraction of sp³-hybridized carbons (Fsp3) is 0.0625. The Hall–Kier alpha value is -2.24. The lowest BCUT2D eigenvalue weighted by atomic mass is 10.0. The molecule has 0 bridgehead atoms. The van der Waals surface area contributed by atoms with Gasteiger partial charge in [0.05, 0.1) is 18.8 Å². The largest absolute Gasteiger partial charge is 0.497 e. The quantitative estimate of drug-likeness (QED) is 0.611. The standard InChI is InChI=1S/C16H12ClNO/c1-19-16-7-5-12(6-8-16)9-14(11-18)13-3-2-4-15(17)10-13/h2-10H,1H3/b14-9-. The van der Waals surface area contributed by atoms with Gasteiger partial charge in [-0.25, -0.2) is 0 Å². The number of hydrogen-bond acceptors (Lipinski definition) is 2. The van der Waals surface area contributed by atoms with Crippen LogP contribution in [0, 0.1) is 11.3 Å². The molecule has 0 heterocycles. The monoisotopic (exact) mass is 269 g/mol. The molecule has 19 heavy (non-hydrogen) atoms. The normalized spacial score (nSPS) is 10.9. The summed E-state index contributed by atoms with van der Waals surface area (Å²) in [5.41, 5.74) is 2.33. The van der Waals surface area contributed by atoms with Gasteiger partial charge in [0.2, 0.25) is 0 Å². The summed E-state index contributed by atoms with van der Waals surface area (Å²) < 4.78 is 5.10. The number of nitrogens with zero attached hydrogens (tertiary/aromatic N) is 1. The first-order chi connectivity index (χ1) is 9.22. The molecule has 0 saturated carbocycles. The van der Waals surface area contributed by atoms with Gasteiger partial charge in [-0.3, -0.25) is 0 Å². The first kappa shape index (κ1) is 13.2. The third-order valence-electron chi connectivity index (χ3n) is 2.68. The maximum atomic E-state index is 9.25. The number of methoxy groups -OCH3 is 1. The van der Waals surface area contributed by atoms with Crippen LogP contribution in [0.3, 0.4) is 0 Å². The third kappa shape index (κ3) is 3.37. The summed E-state index contributed by atoms with van der Waals surface area (Å²) in [4.78, 5) is 0. The molecule has 2 nitrogen and oxygen atoms in total. The Morgan fingerprint density at radius 2 is 1.95 bits per heavy atom. The van der Waals surface area contributed by atoms with Crippen molar-refractivity contribution in [3.05, 3.63) is 64.7 Å². The van der Waals surface area contributed by atoms with Crippen LogP contribution in [0.5, 0.6) is 5.75 Å². The lowest BCUT2D eigenvalue weighted by Crippen LogP contribution is -1.84. The molecule has 0 aliphatic heterocycles. The highest BCUT2D eigenvalue weighted by atomic mass is 35.5. The molecule has 2 rings (SSSR count). The van der Waals surface area contributed by atoms with Crippen LogP contribution in [-0.2, 0) is 0 Å². The Morgan fingerprint density at radius 3 is 2.53 bits per heavy atom. The van der Waals surface area contributed by atoms with Crippen molar-refractivity contribution in [3.63, 3.8) is 0 Å². The van der Waals surface area contributed by atoms with Crippen molar-refractivity contribution in [1.82, 2.24) is 0 Å². The second-order valence-electron chi connectivity index (χ2n) is 3.95. The van der Waals surface area contributed by atoms with Gasteiger partial charge in [0, 0.05) is 5.02 Å². The van der Waals surface area contributed by atoms with Gasteiger partial charge in [-0.05, 0) is 41.5 Å². The maximum absolute atomic E-state index is 9.25. The summed E-state index contributed by atoms with van der Waals surface area (Å²) in [7, 11) is 1.62. The van der Waals surface area contributed by atoms with Crippen molar-refractivity contribution in [2.24, 2.45) is 0 Å². The average molecular weight is 270 g/mol.